The third kappa shape index (κ3) is 4.21. The monoisotopic (exact) mass is 265 g/mol. The number of hydrogen-bond donors (Lipinski definition) is 1. The lowest BCUT2D eigenvalue weighted by atomic mass is 9.77. The van der Waals surface area contributed by atoms with Crippen LogP contribution in [0.25, 0.3) is 0 Å². The number of nitrogens with one attached hydrogen (secondary N) is 1. The topological polar surface area (TPSA) is 64.6 Å². The van der Waals surface area contributed by atoms with Gasteiger partial charge in [0.2, 0.25) is 10.0 Å². The Hall–Kier alpha value is -0.170. The molecule has 1 aliphatic rings. The zero-order chi connectivity index (χ0) is 13.1. The zero-order valence-corrected chi connectivity index (χ0v) is 11.8. The van der Waals surface area contributed by atoms with Crippen LogP contribution in [-0.2, 0) is 19.6 Å². The van der Waals surface area contributed by atoms with Gasteiger partial charge < -0.3 is 4.74 Å². The molecule has 0 atom stereocenters. The van der Waals surface area contributed by atoms with E-state index in [1.165, 1.54) is 0 Å². The first-order chi connectivity index (χ1) is 7.77. The molecule has 1 fully saturated rings. The summed E-state index contributed by atoms with van der Waals surface area (Å²) in [5.74, 6) is 0.636. The molecule has 0 spiro atoms. The normalized spacial score (nSPS) is 19.6. The molecule has 1 aliphatic heterocycles. The van der Waals surface area contributed by atoms with E-state index >= 15 is 0 Å². The summed E-state index contributed by atoms with van der Waals surface area (Å²) in [6, 6.07) is 0. The number of rotatable bonds is 7. The molecule has 5 nitrogen and oxygen atoms in total. The van der Waals surface area contributed by atoms with Crippen molar-refractivity contribution in [1.82, 2.24) is 4.89 Å². The van der Waals surface area contributed by atoms with Crippen LogP contribution in [0.3, 0.4) is 0 Å². The third-order valence-corrected chi connectivity index (χ3v) is 4.41. The minimum atomic E-state index is -3.39. The number of sulfonamides is 1. The van der Waals surface area contributed by atoms with Gasteiger partial charge in [-0.3, -0.25) is 4.84 Å². The van der Waals surface area contributed by atoms with E-state index in [2.05, 4.69) is 4.89 Å². The molecule has 102 valence electrons. The highest BCUT2D eigenvalue weighted by Crippen LogP contribution is 2.36. The maximum Gasteiger partial charge on any atom is 0.234 e. The van der Waals surface area contributed by atoms with E-state index in [0.29, 0.717) is 25.7 Å². The minimum Gasteiger partial charge on any atom is -0.380 e. The van der Waals surface area contributed by atoms with Crippen LogP contribution < -0.4 is 4.89 Å². The van der Waals surface area contributed by atoms with E-state index < -0.39 is 10.0 Å². The van der Waals surface area contributed by atoms with Crippen LogP contribution in [0.1, 0.15) is 27.7 Å². The molecule has 0 saturated carbocycles. The molecular formula is C11H23NO4S. The number of hydrogen-bond acceptors (Lipinski definition) is 4. The molecule has 0 aliphatic carbocycles. The molecule has 1 N–H and O–H groups in total. The highest BCUT2D eigenvalue weighted by molar-refractivity contribution is 7.89. The maximum absolute atomic E-state index is 11.8. The Balaban J connectivity index is 2.48. The quantitative estimate of drug-likeness (QED) is 0.702. The van der Waals surface area contributed by atoms with Crippen molar-refractivity contribution in [2.75, 3.05) is 25.6 Å². The van der Waals surface area contributed by atoms with Gasteiger partial charge in [-0.05, 0) is 11.8 Å². The Kier molecular flexibility index (Phi) is 4.95. The van der Waals surface area contributed by atoms with E-state index in [9.17, 15) is 8.42 Å². The van der Waals surface area contributed by atoms with Gasteiger partial charge in [-0.2, -0.15) is 0 Å². The summed E-state index contributed by atoms with van der Waals surface area (Å²) in [6.07, 6.45) is 0. The summed E-state index contributed by atoms with van der Waals surface area (Å²) in [6.45, 7) is 9.36. The van der Waals surface area contributed by atoms with Crippen LogP contribution in [0.2, 0.25) is 0 Å². The fraction of sp³-hybridized carbons (Fsp3) is 1.00. The average Bonchev–Trinajstić information content (AvgIpc) is 2.09. The molecule has 1 saturated heterocycles. The molecule has 1 heterocycles. The van der Waals surface area contributed by atoms with E-state index in [-0.39, 0.29) is 17.1 Å². The van der Waals surface area contributed by atoms with E-state index in [4.69, 9.17) is 9.57 Å². The van der Waals surface area contributed by atoms with E-state index in [0.717, 1.165) is 0 Å². The fourth-order valence-corrected chi connectivity index (χ4v) is 3.21. The van der Waals surface area contributed by atoms with Crippen molar-refractivity contribution in [3.05, 3.63) is 0 Å². The lowest BCUT2D eigenvalue weighted by molar-refractivity contribution is -0.124. The molecule has 0 unspecified atom stereocenters. The first kappa shape index (κ1) is 14.9. The predicted molar refractivity (Wildman–Crippen MR) is 65.8 cm³/mol. The molecular weight excluding hydrogens is 242 g/mol. The summed E-state index contributed by atoms with van der Waals surface area (Å²) in [7, 11) is -3.39. The van der Waals surface area contributed by atoms with Gasteiger partial charge in [-0.25, -0.2) is 8.42 Å². The van der Waals surface area contributed by atoms with Crippen LogP contribution in [-0.4, -0.2) is 34.0 Å². The molecule has 0 bridgehead atoms. The van der Waals surface area contributed by atoms with Crippen molar-refractivity contribution < 1.29 is 18.0 Å². The first-order valence-corrected chi connectivity index (χ1v) is 7.62. The van der Waals surface area contributed by atoms with Gasteiger partial charge in [0.1, 0.15) is 0 Å². The second kappa shape index (κ2) is 5.65. The Morgan fingerprint density at radius 3 is 2.24 bits per heavy atom. The molecule has 0 aromatic rings. The molecule has 0 radical (unpaired) electrons. The van der Waals surface area contributed by atoms with Crippen molar-refractivity contribution in [2.45, 2.75) is 27.7 Å². The lowest BCUT2D eigenvalue weighted by Gasteiger charge is -2.44. The lowest BCUT2D eigenvalue weighted by Crippen LogP contribution is -2.53. The van der Waals surface area contributed by atoms with Crippen molar-refractivity contribution in [2.24, 2.45) is 17.3 Å². The van der Waals surface area contributed by atoms with Gasteiger partial charge in [0.15, 0.2) is 0 Å². The van der Waals surface area contributed by atoms with Gasteiger partial charge in [0, 0.05) is 5.41 Å². The first-order valence-electron chi connectivity index (χ1n) is 5.96. The highest BCUT2D eigenvalue weighted by atomic mass is 32.2. The standard InChI is InChI=1S/C11H23NO4S/c1-9(2)5-16-12-17(13,14)8-11(10(3)4)6-15-7-11/h9-10,12H,5-8H2,1-4H3. The SMILES string of the molecule is CC(C)CONS(=O)(=O)CC1(C(C)C)COC1. The second-order valence-electron chi connectivity index (χ2n) is 5.56. The largest absolute Gasteiger partial charge is 0.380 e. The molecule has 0 aromatic heterocycles. The van der Waals surface area contributed by atoms with Crippen molar-refractivity contribution in [3.8, 4) is 0 Å². The summed E-state index contributed by atoms with van der Waals surface area (Å²) < 4.78 is 28.8. The summed E-state index contributed by atoms with van der Waals surface area (Å²) in [5, 5.41) is 0. The molecule has 0 amide bonds. The Labute approximate surface area is 104 Å². The van der Waals surface area contributed by atoms with Crippen LogP contribution in [0, 0.1) is 17.3 Å². The smallest absolute Gasteiger partial charge is 0.234 e. The van der Waals surface area contributed by atoms with Crippen LogP contribution >= 0.6 is 0 Å². The molecule has 6 heteroatoms. The third-order valence-electron chi connectivity index (χ3n) is 3.08. The van der Waals surface area contributed by atoms with Crippen molar-refractivity contribution in [1.29, 1.82) is 0 Å². The Morgan fingerprint density at radius 2 is 1.88 bits per heavy atom. The van der Waals surface area contributed by atoms with Gasteiger partial charge >= 0.3 is 0 Å². The zero-order valence-electron chi connectivity index (χ0n) is 11.0. The molecule has 0 aromatic carbocycles. The Bertz CT molecular complexity index is 333. The van der Waals surface area contributed by atoms with Gasteiger partial charge in [0.05, 0.1) is 25.6 Å². The van der Waals surface area contributed by atoms with Crippen LogP contribution in [0.4, 0.5) is 0 Å². The van der Waals surface area contributed by atoms with Crippen molar-refractivity contribution >= 4 is 10.0 Å². The van der Waals surface area contributed by atoms with Gasteiger partial charge in [0.25, 0.3) is 0 Å². The molecule has 17 heavy (non-hydrogen) atoms. The van der Waals surface area contributed by atoms with Crippen LogP contribution in [0.5, 0.6) is 0 Å². The highest BCUT2D eigenvalue weighted by Gasteiger charge is 2.45. The van der Waals surface area contributed by atoms with E-state index in [1.54, 1.807) is 0 Å². The number of ether oxygens (including phenoxy) is 1. The molecule has 1 rings (SSSR count). The predicted octanol–water partition coefficient (Wildman–Crippen LogP) is 1.17. The summed E-state index contributed by atoms with van der Waals surface area (Å²) in [4.78, 5) is 7.16. The van der Waals surface area contributed by atoms with Crippen LogP contribution in [0.15, 0.2) is 0 Å². The van der Waals surface area contributed by atoms with E-state index in [1.807, 2.05) is 27.7 Å². The summed E-state index contributed by atoms with van der Waals surface area (Å²) in [5.41, 5.74) is -0.257. The average molecular weight is 265 g/mol. The Morgan fingerprint density at radius 1 is 1.29 bits per heavy atom. The second-order valence-corrected chi connectivity index (χ2v) is 7.24. The van der Waals surface area contributed by atoms with Crippen molar-refractivity contribution in [3.63, 3.8) is 0 Å². The maximum atomic E-state index is 11.8. The fourth-order valence-electron chi connectivity index (χ4n) is 1.65. The minimum absolute atomic E-state index is 0.0652. The van der Waals surface area contributed by atoms with Gasteiger partial charge in [-0.1, -0.05) is 32.6 Å². The summed E-state index contributed by atoms with van der Waals surface area (Å²) >= 11 is 0. The van der Waals surface area contributed by atoms with Gasteiger partial charge in [-0.15, -0.1) is 0 Å².